The minimum Gasteiger partial charge on any atom is -0.478 e. The van der Waals surface area contributed by atoms with Gasteiger partial charge in [-0.2, -0.15) is 0 Å². The molecule has 1 aromatic carbocycles. The first-order chi connectivity index (χ1) is 12.6. The maximum atomic E-state index is 12.8. The molecule has 1 aliphatic heterocycles. The summed E-state index contributed by atoms with van der Waals surface area (Å²) in [5.74, 6) is 0.0559. The second-order valence-electron chi connectivity index (χ2n) is 6.26. The molecule has 1 atom stereocenters. The van der Waals surface area contributed by atoms with Crippen molar-refractivity contribution in [2.24, 2.45) is 5.92 Å². The molecule has 7 heteroatoms. The minimum absolute atomic E-state index is 0.0436. The Kier molecular flexibility index (Phi) is 6.00. The number of rotatable bonds is 7. The van der Waals surface area contributed by atoms with Crippen LogP contribution >= 0.6 is 11.8 Å². The predicted octanol–water partition coefficient (Wildman–Crippen LogP) is 3.38. The zero-order chi connectivity index (χ0) is 18.5. The predicted molar refractivity (Wildman–Crippen MR) is 97.6 cm³/mol. The molecule has 0 aliphatic carbocycles. The van der Waals surface area contributed by atoms with Crippen molar-refractivity contribution >= 4 is 23.6 Å². The zero-order valence-electron chi connectivity index (χ0n) is 14.5. The number of thioether (sulfide) groups is 1. The van der Waals surface area contributed by atoms with Crippen molar-refractivity contribution in [2.75, 3.05) is 26.8 Å². The Hall–Kier alpha value is -2.25. The lowest BCUT2D eigenvalue weighted by Crippen LogP contribution is -2.32. The number of carbonyl (C=O) groups excluding carboxylic acids is 1. The van der Waals surface area contributed by atoms with Gasteiger partial charge in [0.25, 0.3) is 5.91 Å². The quantitative estimate of drug-likeness (QED) is 0.748. The molecule has 1 aromatic heterocycles. The van der Waals surface area contributed by atoms with Crippen LogP contribution in [0.1, 0.15) is 32.9 Å². The molecule has 3 rings (SSSR count). The Balaban J connectivity index is 1.70. The Morgan fingerprint density at radius 3 is 2.81 bits per heavy atom. The first-order valence-corrected chi connectivity index (χ1v) is 9.39. The number of hydrogen-bond donors (Lipinski definition) is 1. The largest absolute Gasteiger partial charge is 0.478 e. The molecule has 6 nitrogen and oxygen atoms in total. The van der Waals surface area contributed by atoms with E-state index in [9.17, 15) is 9.59 Å². The fraction of sp³-hybridized carbons (Fsp3) is 0.368. The van der Waals surface area contributed by atoms with E-state index in [1.807, 2.05) is 18.2 Å². The first-order valence-electron chi connectivity index (χ1n) is 8.41. The van der Waals surface area contributed by atoms with Gasteiger partial charge in [0.1, 0.15) is 11.3 Å². The second-order valence-corrected chi connectivity index (χ2v) is 7.28. The molecule has 2 heterocycles. The molecule has 1 N–H and O–H groups in total. The van der Waals surface area contributed by atoms with E-state index in [0.29, 0.717) is 36.1 Å². The molecule has 26 heavy (non-hydrogen) atoms. The summed E-state index contributed by atoms with van der Waals surface area (Å²) >= 11 is 1.40. The van der Waals surface area contributed by atoms with Crippen LogP contribution in [0.4, 0.5) is 0 Å². The second kappa shape index (κ2) is 8.42. The van der Waals surface area contributed by atoms with Crippen molar-refractivity contribution in [1.82, 2.24) is 4.90 Å². The van der Waals surface area contributed by atoms with Gasteiger partial charge in [-0.25, -0.2) is 4.79 Å². The number of carboxylic acids is 1. The topological polar surface area (TPSA) is 80.0 Å². The van der Waals surface area contributed by atoms with Crippen molar-refractivity contribution < 1.29 is 23.8 Å². The van der Waals surface area contributed by atoms with E-state index in [1.165, 1.54) is 24.1 Å². The molecule has 138 valence electrons. The summed E-state index contributed by atoms with van der Waals surface area (Å²) in [6.07, 6.45) is 2.35. The summed E-state index contributed by atoms with van der Waals surface area (Å²) in [4.78, 5) is 26.6. The molecule has 0 bridgehead atoms. The minimum atomic E-state index is -1.02. The van der Waals surface area contributed by atoms with E-state index in [2.05, 4.69) is 0 Å². The summed E-state index contributed by atoms with van der Waals surface area (Å²) in [6, 6.07) is 8.80. The van der Waals surface area contributed by atoms with Gasteiger partial charge >= 0.3 is 5.97 Å². The van der Waals surface area contributed by atoms with Gasteiger partial charge in [-0.15, -0.1) is 11.8 Å². The van der Waals surface area contributed by atoms with E-state index in [0.717, 1.165) is 17.9 Å². The molecule has 0 radical (unpaired) electrons. The lowest BCUT2D eigenvalue weighted by Gasteiger charge is -2.21. The lowest BCUT2D eigenvalue weighted by molar-refractivity contribution is 0.0693. The van der Waals surface area contributed by atoms with Crippen LogP contribution in [-0.2, 0) is 10.5 Å². The standard InChI is InChI=1S/C19H21NO5S/c1-20(10-13-6-8-24-11-13)18(21)15-4-2-3-5-17(15)26-12-16-14(19(22)23)7-9-25-16/h2-5,7,9,13H,6,8,10-12H2,1H3,(H,22,23). The third kappa shape index (κ3) is 4.28. The van der Waals surface area contributed by atoms with Crippen LogP contribution in [0.2, 0.25) is 0 Å². The zero-order valence-corrected chi connectivity index (χ0v) is 15.3. The fourth-order valence-electron chi connectivity index (χ4n) is 2.96. The van der Waals surface area contributed by atoms with Crippen molar-refractivity contribution in [3.63, 3.8) is 0 Å². The molecule has 0 saturated carbocycles. The molecule has 1 unspecified atom stereocenters. The lowest BCUT2D eigenvalue weighted by atomic mass is 10.1. The fourth-order valence-corrected chi connectivity index (χ4v) is 3.95. The van der Waals surface area contributed by atoms with Gasteiger partial charge in [0.15, 0.2) is 0 Å². The average Bonchev–Trinajstić information content (AvgIpc) is 3.31. The Morgan fingerprint density at radius 2 is 2.08 bits per heavy atom. The van der Waals surface area contributed by atoms with Crippen LogP contribution < -0.4 is 0 Å². The van der Waals surface area contributed by atoms with E-state index >= 15 is 0 Å². The number of ether oxygens (including phenoxy) is 1. The highest BCUT2D eigenvalue weighted by Crippen LogP contribution is 2.29. The Labute approximate surface area is 156 Å². The van der Waals surface area contributed by atoms with E-state index in [-0.39, 0.29) is 11.5 Å². The maximum Gasteiger partial charge on any atom is 0.339 e. The number of nitrogens with zero attached hydrogens (tertiary/aromatic N) is 1. The third-order valence-corrected chi connectivity index (χ3v) is 5.43. The van der Waals surface area contributed by atoms with Crippen molar-refractivity contribution in [3.05, 3.63) is 53.5 Å². The molecule has 1 fully saturated rings. The van der Waals surface area contributed by atoms with E-state index < -0.39 is 5.97 Å². The van der Waals surface area contributed by atoms with Crippen molar-refractivity contribution in [2.45, 2.75) is 17.1 Å². The third-order valence-electron chi connectivity index (χ3n) is 4.35. The maximum absolute atomic E-state index is 12.8. The highest BCUT2D eigenvalue weighted by Gasteiger charge is 2.22. The summed E-state index contributed by atoms with van der Waals surface area (Å²) in [5, 5.41) is 9.16. The molecule has 1 aliphatic rings. The van der Waals surface area contributed by atoms with E-state index in [1.54, 1.807) is 18.0 Å². The van der Waals surface area contributed by atoms with Gasteiger partial charge in [0.05, 0.1) is 24.2 Å². The summed E-state index contributed by atoms with van der Waals surface area (Å²) in [5.41, 5.74) is 0.766. The number of amides is 1. The van der Waals surface area contributed by atoms with Crippen LogP contribution in [0, 0.1) is 5.92 Å². The number of carboxylic acid groups (broad SMARTS) is 1. The molecular weight excluding hydrogens is 354 g/mol. The Morgan fingerprint density at radius 1 is 1.27 bits per heavy atom. The SMILES string of the molecule is CN(CC1CCOC1)C(=O)c1ccccc1SCc1occc1C(=O)O. The smallest absolute Gasteiger partial charge is 0.339 e. The van der Waals surface area contributed by atoms with Gasteiger partial charge in [-0.05, 0) is 24.6 Å². The molecule has 0 spiro atoms. The van der Waals surface area contributed by atoms with Crippen LogP contribution in [0.5, 0.6) is 0 Å². The number of carbonyl (C=O) groups is 2. The van der Waals surface area contributed by atoms with Gasteiger partial charge in [0.2, 0.25) is 0 Å². The number of aromatic carboxylic acids is 1. The monoisotopic (exact) mass is 375 g/mol. The van der Waals surface area contributed by atoms with Crippen LogP contribution in [-0.4, -0.2) is 48.7 Å². The number of benzene rings is 1. The van der Waals surface area contributed by atoms with E-state index in [4.69, 9.17) is 14.3 Å². The highest BCUT2D eigenvalue weighted by atomic mass is 32.2. The summed E-state index contributed by atoms with van der Waals surface area (Å²) in [7, 11) is 1.80. The Bertz CT molecular complexity index is 782. The van der Waals surface area contributed by atoms with Crippen LogP contribution in [0.15, 0.2) is 45.9 Å². The molecule has 1 amide bonds. The molecule has 2 aromatic rings. The van der Waals surface area contributed by atoms with Crippen LogP contribution in [0.25, 0.3) is 0 Å². The van der Waals surface area contributed by atoms with Crippen molar-refractivity contribution in [1.29, 1.82) is 0 Å². The summed E-state index contributed by atoms with van der Waals surface area (Å²) in [6.45, 7) is 2.12. The van der Waals surface area contributed by atoms with Gasteiger partial charge in [-0.1, -0.05) is 12.1 Å². The first kappa shape index (κ1) is 18.5. The number of furan rings is 1. The average molecular weight is 375 g/mol. The molecule has 1 saturated heterocycles. The van der Waals surface area contributed by atoms with Gasteiger partial charge < -0.3 is 19.2 Å². The van der Waals surface area contributed by atoms with Crippen molar-refractivity contribution in [3.8, 4) is 0 Å². The highest BCUT2D eigenvalue weighted by molar-refractivity contribution is 7.98. The van der Waals surface area contributed by atoms with Gasteiger partial charge in [-0.3, -0.25) is 4.79 Å². The van der Waals surface area contributed by atoms with Crippen LogP contribution in [0.3, 0.4) is 0 Å². The van der Waals surface area contributed by atoms with Gasteiger partial charge in [0, 0.05) is 31.0 Å². The summed E-state index contributed by atoms with van der Waals surface area (Å²) < 4.78 is 10.7. The normalized spacial score (nSPS) is 16.6. The molecular formula is C19H21NO5S. The number of hydrogen-bond acceptors (Lipinski definition) is 5.